The van der Waals surface area contributed by atoms with Crippen LogP contribution in [0.15, 0.2) is 127 Å². The summed E-state index contributed by atoms with van der Waals surface area (Å²) >= 11 is 0. The van der Waals surface area contributed by atoms with Gasteiger partial charge in [0.05, 0.1) is 16.0 Å². The number of fused-ring (bicyclic) bond motifs is 1. The number of nitrogens with zero attached hydrogens (tertiary/aromatic N) is 4. The van der Waals surface area contributed by atoms with Crippen molar-refractivity contribution in [2.75, 3.05) is 49.4 Å². The van der Waals surface area contributed by atoms with Gasteiger partial charge in [0.1, 0.15) is 0 Å². The molecule has 10 heteroatoms. The molecule has 0 saturated carbocycles. The Morgan fingerprint density at radius 1 is 0.830 bits per heavy atom. The first-order valence-electron chi connectivity index (χ1n) is 15.1. The van der Waals surface area contributed by atoms with Gasteiger partial charge in [-0.15, -0.1) is 0 Å². The molecule has 1 N–H and O–H groups in total. The first kappa shape index (κ1) is 33.2. The summed E-state index contributed by atoms with van der Waals surface area (Å²) in [5, 5.41) is 11.6. The van der Waals surface area contributed by atoms with Crippen molar-refractivity contribution in [3.63, 3.8) is 0 Å². The van der Waals surface area contributed by atoms with Gasteiger partial charge in [0.15, 0.2) is 4.90 Å². The molecule has 1 heterocycles. The van der Waals surface area contributed by atoms with Crippen LogP contribution in [0.25, 0.3) is 11.3 Å². The molecule has 1 unspecified atom stereocenters. The zero-order valence-corrected chi connectivity index (χ0v) is 27.9. The van der Waals surface area contributed by atoms with Crippen molar-refractivity contribution in [2.45, 2.75) is 16.7 Å². The van der Waals surface area contributed by atoms with Gasteiger partial charge in [0, 0.05) is 63.6 Å². The van der Waals surface area contributed by atoms with E-state index in [1.165, 1.54) is 24.3 Å². The van der Waals surface area contributed by atoms with Gasteiger partial charge in [-0.3, -0.25) is 10.1 Å². The number of benzene rings is 4. The second-order valence-corrected chi connectivity index (χ2v) is 13.6. The first-order valence-corrected chi connectivity index (χ1v) is 16.5. The number of hydrogen-bond donors (Lipinski definition) is 1. The van der Waals surface area contributed by atoms with Crippen molar-refractivity contribution in [3.05, 3.63) is 149 Å². The molecule has 0 fully saturated rings. The Bertz CT molecular complexity index is 1970. The van der Waals surface area contributed by atoms with Crippen LogP contribution in [-0.4, -0.2) is 48.1 Å². The quantitative estimate of drug-likeness (QED) is 0.130. The summed E-state index contributed by atoms with van der Waals surface area (Å²) in [7, 11) is 3.68. The van der Waals surface area contributed by atoms with Crippen molar-refractivity contribution in [1.82, 2.24) is 4.72 Å². The van der Waals surface area contributed by atoms with E-state index in [1.54, 1.807) is 0 Å². The topological polar surface area (TPSA) is 99.0 Å². The summed E-state index contributed by atoms with van der Waals surface area (Å²) in [5.74, 6) is 0. The molecule has 0 aliphatic carbocycles. The van der Waals surface area contributed by atoms with Crippen LogP contribution < -0.4 is 19.4 Å². The minimum absolute atomic E-state index is 0.0472. The van der Waals surface area contributed by atoms with Crippen LogP contribution in [0.5, 0.6) is 0 Å². The molecule has 4 aromatic carbocycles. The SMILES string of the molecule is C=C(c1ccc(N(C)C)cc1)N1C(=C)C(CCNS(=O)(=O)c2ccccc2[N+](=O)[O-])(C(=C)c2ccc(N(C)C)cc2)c2ccccc21. The summed E-state index contributed by atoms with van der Waals surface area (Å²) in [4.78, 5) is 16.6. The van der Waals surface area contributed by atoms with Crippen LogP contribution in [0.4, 0.5) is 22.7 Å². The second-order valence-electron chi connectivity index (χ2n) is 11.9. The smallest absolute Gasteiger partial charge is 0.289 e. The van der Waals surface area contributed by atoms with E-state index in [-0.39, 0.29) is 17.9 Å². The van der Waals surface area contributed by atoms with Gasteiger partial charge in [-0.2, -0.15) is 0 Å². The predicted molar refractivity (Wildman–Crippen MR) is 192 cm³/mol. The highest BCUT2D eigenvalue weighted by Crippen LogP contribution is 2.57. The van der Waals surface area contributed by atoms with Crippen LogP contribution >= 0.6 is 0 Å². The molecule has 0 bridgehead atoms. The Morgan fingerprint density at radius 2 is 1.36 bits per heavy atom. The zero-order chi connectivity index (χ0) is 34.1. The molecule has 0 aromatic heterocycles. The minimum Gasteiger partial charge on any atom is -0.378 e. The van der Waals surface area contributed by atoms with E-state index in [1.807, 2.05) is 116 Å². The zero-order valence-electron chi connectivity index (χ0n) is 27.1. The fourth-order valence-corrected chi connectivity index (χ4v) is 7.37. The number of sulfonamides is 1. The standard InChI is InChI=1S/C37H39N5O4S/c1-26(29-16-20-31(21-17-29)39(4)5)37(24-25-38-47(45,46)36-15-11-10-14-35(36)42(43)44)28(3)41(34-13-9-8-12-33(34)37)27(2)30-18-22-32(23-19-30)40(6)7/h8-23,38H,1-3,24-25H2,4-7H3. The van der Waals surface area contributed by atoms with E-state index in [2.05, 4.69) is 24.5 Å². The van der Waals surface area contributed by atoms with Crippen LogP contribution in [0.1, 0.15) is 23.1 Å². The van der Waals surface area contributed by atoms with Gasteiger partial charge < -0.3 is 14.7 Å². The lowest BCUT2D eigenvalue weighted by Crippen LogP contribution is -2.36. The predicted octanol–water partition coefficient (Wildman–Crippen LogP) is 7.05. The summed E-state index contributed by atoms with van der Waals surface area (Å²) in [6.07, 6.45) is 0.236. The number of allylic oxidation sites excluding steroid dienone is 1. The number of hydrogen-bond acceptors (Lipinski definition) is 7. The second kappa shape index (κ2) is 12.9. The number of nitrogens with one attached hydrogen (secondary N) is 1. The average Bonchev–Trinajstić information content (AvgIpc) is 3.31. The Balaban J connectivity index is 1.58. The lowest BCUT2D eigenvalue weighted by Gasteiger charge is -2.36. The molecule has 9 nitrogen and oxygen atoms in total. The third-order valence-corrected chi connectivity index (χ3v) is 10.3. The van der Waals surface area contributed by atoms with E-state index < -0.39 is 26.0 Å². The molecule has 1 atom stereocenters. The average molecular weight is 650 g/mol. The van der Waals surface area contributed by atoms with Crippen LogP contribution in [0, 0.1) is 10.1 Å². The van der Waals surface area contributed by atoms with Gasteiger partial charge in [0.2, 0.25) is 10.0 Å². The van der Waals surface area contributed by atoms with Crippen LogP contribution in [0.3, 0.4) is 0 Å². The molecule has 0 radical (unpaired) electrons. The monoisotopic (exact) mass is 649 g/mol. The Labute approximate surface area is 277 Å². The Hall–Kier alpha value is -5.19. The largest absolute Gasteiger partial charge is 0.378 e. The molecule has 4 aromatic rings. The van der Waals surface area contributed by atoms with Gasteiger partial charge in [-0.25, -0.2) is 13.1 Å². The lowest BCUT2D eigenvalue weighted by molar-refractivity contribution is -0.387. The lowest BCUT2D eigenvalue weighted by atomic mass is 9.69. The maximum absolute atomic E-state index is 13.4. The fourth-order valence-electron chi connectivity index (χ4n) is 6.17. The van der Waals surface area contributed by atoms with Gasteiger partial charge in [-0.05, 0) is 65.1 Å². The first-order chi connectivity index (χ1) is 22.3. The van der Waals surface area contributed by atoms with E-state index >= 15 is 0 Å². The van der Waals surface area contributed by atoms with Crippen LogP contribution in [0.2, 0.25) is 0 Å². The third-order valence-electron chi connectivity index (χ3n) is 8.75. The van der Waals surface area contributed by atoms with Gasteiger partial charge in [0.25, 0.3) is 5.69 Å². The van der Waals surface area contributed by atoms with Gasteiger partial charge in [-0.1, -0.05) is 74.3 Å². The molecule has 0 amide bonds. The van der Waals surface area contributed by atoms with Crippen molar-refractivity contribution in [1.29, 1.82) is 0 Å². The van der Waals surface area contributed by atoms with Crippen molar-refractivity contribution in [3.8, 4) is 0 Å². The van der Waals surface area contributed by atoms with E-state index in [0.717, 1.165) is 39.3 Å². The summed E-state index contributed by atoms with van der Waals surface area (Å²) < 4.78 is 29.5. The number of anilines is 3. The molecule has 0 spiro atoms. The van der Waals surface area contributed by atoms with Crippen LogP contribution in [-0.2, 0) is 15.4 Å². The van der Waals surface area contributed by atoms with E-state index in [9.17, 15) is 18.5 Å². The van der Waals surface area contributed by atoms with Crippen molar-refractivity contribution < 1.29 is 13.3 Å². The highest BCUT2D eigenvalue weighted by atomic mass is 32.2. The Morgan fingerprint density at radius 3 is 1.94 bits per heavy atom. The molecule has 1 aliphatic heterocycles. The third kappa shape index (κ3) is 6.05. The minimum atomic E-state index is -4.23. The maximum Gasteiger partial charge on any atom is 0.289 e. The Kier molecular flexibility index (Phi) is 9.11. The molecular formula is C37H39N5O4S. The highest BCUT2D eigenvalue weighted by molar-refractivity contribution is 7.89. The van der Waals surface area contributed by atoms with E-state index in [4.69, 9.17) is 0 Å². The number of nitro benzene ring substituents is 1. The molecule has 1 aliphatic rings. The molecule has 47 heavy (non-hydrogen) atoms. The van der Waals surface area contributed by atoms with Gasteiger partial charge >= 0.3 is 0 Å². The van der Waals surface area contributed by atoms with Crippen molar-refractivity contribution >= 4 is 44.0 Å². The molecule has 5 rings (SSSR count). The molecular weight excluding hydrogens is 611 g/mol. The molecule has 0 saturated heterocycles. The summed E-state index contributed by atoms with van der Waals surface area (Å²) in [6.45, 7) is 13.7. The normalized spacial score (nSPS) is 15.7. The number of para-hydroxylation sites is 2. The highest BCUT2D eigenvalue weighted by Gasteiger charge is 2.49. The number of rotatable bonds is 12. The van der Waals surface area contributed by atoms with E-state index in [0.29, 0.717) is 11.4 Å². The number of nitro groups is 1. The molecule has 242 valence electrons. The maximum atomic E-state index is 13.4. The fraction of sp³-hybridized carbons (Fsp3) is 0.189. The summed E-state index contributed by atoms with van der Waals surface area (Å²) in [5.41, 5.74) is 6.31. The van der Waals surface area contributed by atoms with Crippen molar-refractivity contribution in [2.24, 2.45) is 0 Å². The summed E-state index contributed by atoms with van der Waals surface area (Å²) in [6, 6.07) is 29.3.